The number of hydrogen-bond acceptors (Lipinski definition) is 2. The van der Waals surface area contributed by atoms with Gasteiger partial charge in [0.2, 0.25) is 0 Å². The van der Waals surface area contributed by atoms with Gasteiger partial charge in [0, 0.05) is 17.7 Å². The molecule has 1 aromatic rings. The lowest BCUT2D eigenvalue weighted by atomic mass is 10.0. The van der Waals surface area contributed by atoms with E-state index < -0.39 is 5.82 Å². The Balaban J connectivity index is 2.28. The standard InChI is InChI=1S/C10H12FNO/c11-9-5-7(13)3-4-8(9)10(12)6-1-2-6/h3-6,10,13H,1-2,12H2/t10-/m1/s1. The molecule has 3 N–H and O–H groups in total. The van der Waals surface area contributed by atoms with Crippen molar-refractivity contribution in [3.63, 3.8) is 0 Å². The first-order valence-corrected chi connectivity index (χ1v) is 4.42. The summed E-state index contributed by atoms with van der Waals surface area (Å²) in [6.07, 6.45) is 2.17. The second-order valence-corrected chi connectivity index (χ2v) is 3.57. The van der Waals surface area contributed by atoms with Crippen LogP contribution < -0.4 is 5.73 Å². The Kier molecular flexibility index (Phi) is 1.96. The molecular weight excluding hydrogens is 169 g/mol. The smallest absolute Gasteiger partial charge is 0.131 e. The molecule has 1 aliphatic carbocycles. The molecule has 0 heterocycles. The normalized spacial score (nSPS) is 18.6. The summed E-state index contributed by atoms with van der Waals surface area (Å²) in [4.78, 5) is 0. The number of halogens is 1. The van der Waals surface area contributed by atoms with E-state index in [0.717, 1.165) is 18.9 Å². The van der Waals surface area contributed by atoms with Gasteiger partial charge in [0.1, 0.15) is 11.6 Å². The third-order valence-corrected chi connectivity index (χ3v) is 2.47. The molecule has 70 valence electrons. The van der Waals surface area contributed by atoms with Crippen LogP contribution in [0.3, 0.4) is 0 Å². The first-order valence-electron chi connectivity index (χ1n) is 4.42. The molecule has 2 nitrogen and oxygen atoms in total. The van der Waals surface area contributed by atoms with Crippen LogP contribution in [0.25, 0.3) is 0 Å². The van der Waals surface area contributed by atoms with Crippen molar-refractivity contribution in [3.8, 4) is 5.75 Å². The lowest BCUT2D eigenvalue weighted by Crippen LogP contribution is -2.13. The fourth-order valence-electron chi connectivity index (χ4n) is 1.50. The average molecular weight is 181 g/mol. The monoisotopic (exact) mass is 181 g/mol. The molecule has 0 unspecified atom stereocenters. The molecule has 1 aromatic carbocycles. The van der Waals surface area contributed by atoms with Crippen molar-refractivity contribution in [2.75, 3.05) is 0 Å². The van der Waals surface area contributed by atoms with Gasteiger partial charge in [-0.25, -0.2) is 4.39 Å². The summed E-state index contributed by atoms with van der Waals surface area (Å²) in [6.45, 7) is 0. The maximum Gasteiger partial charge on any atom is 0.131 e. The van der Waals surface area contributed by atoms with Gasteiger partial charge in [-0.3, -0.25) is 0 Å². The van der Waals surface area contributed by atoms with E-state index >= 15 is 0 Å². The predicted octanol–water partition coefficient (Wildman–Crippen LogP) is 1.94. The van der Waals surface area contributed by atoms with E-state index in [1.807, 2.05) is 0 Å². The second-order valence-electron chi connectivity index (χ2n) is 3.57. The Labute approximate surface area is 76.2 Å². The topological polar surface area (TPSA) is 46.2 Å². The van der Waals surface area contributed by atoms with Gasteiger partial charge in [0.25, 0.3) is 0 Å². The molecule has 3 heteroatoms. The lowest BCUT2D eigenvalue weighted by Gasteiger charge is -2.11. The van der Waals surface area contributed by atoms with Crippen molar-refractivity contribution >= 4 is 0 Å². The van der Waals surface area contributed by atoms with Crippen LogP contribution >= 0.6 is 0 Å². The highest BCUT2D eigenvalue weighted by Crippen LogP contribution is 2.40. The molecule has 0 saturated heterocycles. The number of hydrogen-bond donors (Lipinski definition) is 2. The van der Waals surface area contributed by atoms with Crippen molar-refractivity contribution in [1.82, 2.24) is 0 Å². The molecular formula is C10H12FNO. The lowest BCUT2D eigenvalue weighted by molar-refractivity contribution is 0.465. The Hall–Kier alpha value is -1.09. The summed E-state index contributed by atoms with van der Waals surface area (Å²) in [5.41, 5.74) is 6.34. The van der Waals surface area contributed by atoms with E-state index in [0.29, 0.717) is 11.5 Å². The molecule has 0 radical (unpaired) electrons. The zero-order valence-electron chi connectivity index (χ0n) is 7.20. The van der Waals surface area contributed by atoms with Crippen molar-refractivity contribution in [2.45, 2.75) is 18.9 Å². The molecule has 0 aromatic heterocycles. The van der Waals surface area contributed by atoms with Gasteiger partial charge in [-0.1, -0.05) is 6.07 Å². The van der Waals surface area contributed by atoms with Crippen LogP contribution in [0.2, 0.25) is 0 Å². The number of benzene rings is 1. The van der Waals surface area contributed by atoms with Gasteiger partial charge in [0.05, 0.1) is 0 Å². The summed E-state index contributed by atoms with van der Waals surface area (Å²) in [7, 11) is 0. The minimum Gasteiger partial charge on any atom is -0.508 e. The minimum absolute atomic E-state index is 0.0516. The van der Waals surface area contributed by atoms with Crippen molar-refractivity contribution < 1.29 is 9.50 Å². The third kappa shape index (κ3) is 1.65. The summed E-state index contributed by atoms with van der Waals surface area (Å²) in [5, 5.41) is 8.99. The SMILES string of the molecule is N[C@@H](c1ccc(O)cc1F)C1CC1. The van der Waals surface area contributed by atoms with Crippen LogP contribution in [0.1, 0.15) is 24.4 Å². The van der Waals surface area contributed by atoms with E-state index in [9.17, 15) is 4.39 Å². The Morgan fingerprint density at radius 1 is 1.46 bits per heavy atom. The highest BCUT2D eigenvalue weighted by Gasteiger charge is 2.30. The molecule has 1 fully saturated rings. The fourth-order valence-corrected chi connectivity index (χ4v) is 1.50. The van der Waals surface area contributed by atoms with E-state index in [1.165, 1.54) is 6.07 Å². The maximum absolute atomic E-state index is 13.2. The zero-order valence-corrected chi connectivity index (χ0v) is 7.20. The van der Waals surface area contributed by atoms with Gasteiger partial charge >= 0.3 is 0 Å². The number of phenols is 1. The van der Waals surface area contributed by atoms with Crippen molar-refractivity contribution in [2.24, 2.45) is 11.7 Å². The van der Waals surface area contributed by atoms with Gasteiger partial charge in [-0.15, -0.1) is 0 Å². The van der Waals surface area contributed by atoms with Crippen LogP contribution in [0, 0.1) is 11.7 Å². The maximum atomic E-state index is 13.2. The molecule has 0 bridgehead atoms. The highest BCUT2D eigenvalue weighted by atomic mass is 19.1. The van der Waals surface area contributed by atoms with E-state index in [1.54, 1.807) is 6.07 Å². The highest BCUT2D eigenvalue weighted by molar-refractivity contribution is 5.30. The number of phenolic OH excluding ortho intramolecular Hbond substituents is 1. The Morgan fingerprint density at radius 2 is 2.15 bits per heavy atom. The van der Waals surface area contributed by atoms with Gasteiger partial charge in [-0.2, -0.15) is 0 Å². The van der Waals surface area contributed by atoms with E-state index in [-0.39, 0.29) is 11.8 Å². The molecule has 0 amide bonds. The van der Waals surface area contributed by atoms with Gasteiger partial charge < -0.3 is 10.8 Å². The third-order valence-electron chi connectivity index (χ3n) is 2.47. The van der Waals surface area contributed by atoms with Crippen LogP contribution in [0.5, 0.6) is 5.75 Å². The predicted molar refractivity (Wildman–Crippen MR) is 47.7 cm³/mol. The van der Waals surface area contributed by atoms with Crippen molar-refractivity contribution in [3.05, 3.63) is 29.6 Å². The summed E-state index contributed by atoms with van der Waals surface area (Å²) in [5.74, 6) is -0.0253. The number of rotatable bonds is 2. The average Bonchev–Trinajstić information content (AvgIpc) is 2.85. The molecule has 13 heavy (non-hydrogen) atoms. The molecule has 1 atom stereocenters. The second kappa shape index (κ2) is 3.00. The summed E-state index contributed by atoms with van der Waals surface area (Å²) < 4.78 is 13.2. The quantitative estimate of drug-likeness (QED) is 0.732. The Morgan fingerprint density at radius 3 is 2.69 bits per heavy atom. The summed E-state index contributed by atoms with van der Waals surface area (Å²) in [6, 6.07) is 3.94. The van der Waals surface area contributed by atoms with Gasteiger partial charge in [0.15, 0.2) is 0 Å². The first-order chi connectivity index (χ1) is 6.18. The number of aromatic hydroxyl groups is 1. The molecule has 0 aliphatic heterocycles. The summed E-state index contributed by atoms with van der Waals surface area (Å²) >= 11 is 0. The van der Waals surface area contributed by atoms with Crippen LogP contribution in [0.15, 0.2) is 18.2 Å². The van der Waals surface area contributed by atoms with Crippen LogP contribution in [-0.4, -0.2) is 5.11 Å². The van der Waals surface area contributed by atoms with E-state index in [4.69, 9.17) is 10.8 Å². The zero-order chi connectivity index (χ0) is 9.42. The largest absolute Gasteiger partial charge is 0.508 e. The van der Waals surface area contributed by atoms with Gasteiger partial charge in [-0.05, 0) is 24.8 Å². The first kappa shape index (κ1) is 8.51. The Bertz CT molecular complexity index is 323. The van der Waals surface area contributed by atoms with E-state index in [2.05, 4.69) is 0 Å². The minimum atomic E-state index is -0.403. The molecule has 2 rings (SSSR count). The van der Waals surface area contributed by atoms with Crippen LogP contribution in [0.4, 0.5) is 4.39 Å². The number of nitrogens with two attached hydrogens (primary N) is 1. The fraction of sp³-hybridized carbons (Fsp3) is 0.400. The van der Waals surface area contributed by atoms with Crippen molar-refractivity contribution in [1.29, 1.82) is 0 Å². The molecule has 0 spiro atoms. The molecule has 1 aliphatic rings. The molecule has 1 saturated carbocycles. The van der Waals surface area contributed by atoms with Crippen LogP contribution in [-0.2, 0) is 0 Å².